The number of nitrogens with zero attached hydrogens (tertiary/aromatic N) is 1. The van der Waals surface area contributed by atoms with E-state index < -0.39 is 5.97 Å². The van der Waals surface area contributed by atoms with Crippen molar-refractivity contribution in [2.75, 3.05) is 19.6 Å². The quantitative estimate of drug-likeness (QED) is 0.929. The zero-order chi connectivity index (χ0) is 15.7. The normalized spacial score (nSPS) is 24.5. The van der Waals surface area contributed by atoms with Gasteiger partial charge in [0.1, 0.15) is 11.4 Å². The maximum absolute atomic E-state index is 10.7. The Hall–Kier alpha value is -1.55. The van der Waals surface area contributed by atoms with E-state index in [2.05, 4.69) is 36.9 Å². The molecular weight excluding hydrogens is 278 g/mol. The molecule has 1 aromatic carbocycles. The topological polar surface area (TPSA) is 49.8 Å². The van der Waals surface area contributed by atoms with Gasteiger partial charge in [0.15, 0.2) is 0 Å². The fourth-order valence-electron chi connectivity index (χ4n) is 3.56. The van der Waals surface area contributed by atoms with E-state index in [4.69, 9.17) is 9.84 Å². The molecule has 2 aliphatic heterocycles. The second-order valence-electron chi connectivity index (χ2n) is 6.98. The third-order valence-corrected chi connectivity index (χ3v) is 4.96. The molecule has 120 valence electrons. The Morgan fingerprint density at radius 1 is 1.41 bits per heavy atom. The minimum atomic E-state index is -0.725. The Morgan fingerprint density at radius 2 is 2.23 bits per heavy atom. The largest absolute Gasteiger partial charge is 0.486 e. The number of likely N-dealkylation sites (tertiary alicyclic amines) is 1. The van der Waals surface area contributed by atoms with Gasteiger partial charge in [0.05, 0.1) is 6.42 Å². The van der Waals surface area contributed by atoms with Crippen molar-refractivity contribution in [3.63, 3.8) is 0 Å². The maximum atomic E-state index is 10.7. The zero-order valence-electron chi connectivity index (χ0n) is 13.5. The molecule has 0 aromatic heterocycles. The van der Waals surface area contributed by atoms with Crippen molar-refractivity contribution in [3.8, 4) is 5.75 Å². The number of hydrogen-bond donors (Lipinski definition) is 1. The van der Waals surface area contributed by atoms with Crippen LogP contribution in [-0.4, -0.2) is 41.2 Å². The van der Waals surface area contributed by atoms with Crippen molar-refractivity contribution in [2.24, 2.45) is 0 Å². The number of hydrogen-bond acceptors (Lipinski definition) is 3. The van der Waals surface area contributed by atoms with Gasteiger partial charge in [0, 0.05) is 26.1 Å². The van der Waals surface area contributed by atoms with Crippen LogP contribution in [0.25, 0.3) is 0 Å². The minimum Gasteiger partial charge on any atom is -0.486 e. The molecule has 4 nitrogen and oxygen atoms in total. The van der Waals surface area contributed by atoms with E-state index in [1.165, 1.54) is 11.1 Å². The molecule has 1 unspecified atom stereocenters. The summed E-state index contributed by atoms with van der Waals surface area (Å²) in [5.41, 5.74) is 2.58. The summed E-state index contributed by atoms with van der Waals surface area (Å²) in [6.07, 6.45) is 3.30. The van der Waals surface area contributed by atoms with Crippen molar-refractivity contribution >= 4 is 5.97 Å². The first-order valence-corrected chi connectivity index (χ1v) is 8.23. The van der Waals surface area contributed by atoms with E-state index in [-0.39, 0.29) is 12.0 Å². The average molecular weight is 303 g/mol. The highest BCUT2D eigenvalue weighted by atomic mass is 16.5. The molecule has 1 fully saturated rings. The summed E-state index contributed by atoms with van der Waals surface area (Å²) in [6.45, 7) is 6.84. The van der Waals surface area contributed by atoms with Crippen molar-refractivity contribution in [1.82, 2.24) is 4.90 Å². The number of carboxylic acid groups (broad SMARTS) is 1. The second-order valence-corrected chi connectivity index (χ2v) is 6.98. The van der Waals surface area contributed by atoms with E-state index in [1.807, 2.05) is 0 Å². The number of aliphatic carboxylic acids is 1. The second kappa shape index (κ2) is 5.92. The van der Waals surface area contributed by atoms with Crippen LogP contribution in [0.4, 0.5) is 0 Å². The molecule has 1 saturated heterocycles. The van der Waals surface area contributed by atoms with Gasteiger partial charge in [-0.1, -0.05) is 26.0 Å². The Kier molecular flexibility index (Phi) is 4.13. The van der Waals surface area contributed by atoms with Crippen LogP contribution in [0.2, 0.25) is 0 Å². The molecular formula is C18H25NO3. The van der Waals surface area contributed by atoms with E-state index >= 15 is 0 Å². The van der Waals surface area contributed by atoms with Crippen LogP contribution in [0.15, 0.2) is 18.2 Å². The lowest BCUT2D eigenvalue weighted by Gasteiger charge is -2.36. The van der Waals surface area contributed by atoms with Gasteiger partial charge >= 0.3 is 5.97 Å². The third kappa shape index (κ3) is 3.12. The van der Waals surface area contributed by atoms with E-state index in [0.29, 0.717) is 12.5 Å². The highest BCUT2D eigenvalue weighted by Gasteiger charge is 2.42. The number of benzene rings is 1. The molecule has 2 aliphatic rings. The average Bonchev–Trinajstić information content (AvgIpc) is 2.87. The smallest absolute Gasteiger partial charge is 0.304 e. The molecule has 0 aliphatic carbocycles. The Balaban J connectivity index is 1.68. The van der Waals surface area contributed by atoms with Crippen LogP contribution < -0.4 is 4.74 Å². The van der Waals surface area contributed by atoms with Crippen molar-refractivity contribution in [3.05, 3.63) is 29.3 Å². The van der Waals surface area contributed by atoms with Gasteiger partial charge in [-0.3, -0.25) is 9.69 Å². The number of aryl methyl sites for hydroxylation is 1. The summed E-state index contributed by atoms with van der Waals surface area (Å²) in [5, 5.41) is 8.82. The van der Waals surface area contributed by atoms with Gasteiger partial charge in [0.2, 0.25) is 0 Å². The molecule has 3 rings (SSSR count). The predicted molar refractivity (Wildman–Crippen MR) is 85.5 cm³/mol. The number of carbonyl (C=O) groups is 1. The fraction of sp³-hybridized carbons (Fsp3) is 0.611. The molecule has 0 radical (unpaired) electrons. The fourth-order valence-corrected chi connectivity index (χ4v) is 3.56. The van der Waals surface area contributed by atoms with Gasteiger partial charge in [0.25, 0.3) is 0 Å². The summed E-state index contributed by atoms with van der Waals surface area (Å²) in [5.74, 6) is 0.840. The SMILES string of the molecule is CC(C)c1ccc2c(c1)CCC1(CCN(CCC(=O)O)C1)O2. The first kappa shape index (κ1) is 15.3. The number of fused-ring (bicyclic) bond motifs is 1. The van der Waals surface area contributed by atoms with Gasteiger partial charge < -0.3 is 9.84 Å². The molecule has 22 heavy (non-hydrogen) atoms. The molecule has 0 saturated carbocycles. The Bertz CT molecular complexity index is 569. The zero-order valence-corrected chi connectivity index (χ0v) is 13.5. The number of rotatable bonds is 4. The van der Waals surface area contributed by atoms with Crippen LogP contribution in [0.1, 0.15) is 50.2 Å². The number of carboxylic acids is 1. The standard InChI is InChI=1S/C18H25NO3/c1-13(2)14-3-4-16-15(11-14)5-7-18(22-16)8-10-19(12-18)9-6-17(20)21/h3-4,11,13H,5-10,12H2,1-2H3,(H,20,21). The molecule has 0 bridgehead atoms. The number of ether oxygens (including phenoxy) is 1. The van der Waals surface area contributed by atoms with Crippen LogP contribution in [0.3, 0.4) is 0 Å². The summed E-state index contributed by atoms with van der Waals surface area (Å²) in [6, 6.07) is 6.56. The molecule has 1 aromatic rings. The minimum absolute atomic E-state index is 0.106. The van der Waals surface area contributed by atoms with Crippen LogP contribution in [-0.2, 0) is 11.2 Å². The summed E-state index contributed by atoms with van der Waals surface area (Å²) in [7, 11) is 0. The Labute approximate surface area is 132 Å². The lowest BCUT2D eigenvalue weighted by molar-refractivity contribution is -0.137. The third-order valence-electron chi connectivity index (χ3n) is 4.96. The first-order valence-electron chi connectivity index (χ1n) is 8.23. The van der Waals surface area contributed by atoms with Gasteiger partial charge in [-0.05, 0) is 36.0 Å². The lowest BCUT2D eigenvalue weighted by atomic mass is 9.88. The Morgan fingerprint density at radius 3 is 2.95 bits per heavy atom. The van der Waals surface area contributed by atoms with Crippen molar-refractivity contribution in [1.29, 1.82) is 0 Å². The van der Waals surface area contributed by atoms with Crippen molar-refractivity contribution in [2.45, 2.75) is 51.0 Å². The highest BCUT2D eigenvalue weighted by Crippen LogP contribution is 2.39. The van der Waals surface area contributed by atoms with E-state index in [0.717, 1.165) is 38.1 Å². The molecule has 1 spiro atoms. The predicted octanol–water partition coefficient (Wildman–Crippen LogP) is 3.05. The van der Waals surface area contributed by atoms with Crippen LogP contribution >= 0.6 is 0 Å². The van der Waals surface area contributed by atoms with E-state index in [1.54, 1.807) is 0 Å². The summed E-state index contributed by atoms with van der Waals surface area (Å²) >= 11 is 0. The lowest BCUT2D eigenvalue weighted by Crippen LogP contribution is -2.42. The van der Waals surface area contributed by atoms with E-state index in [9.17, 15) is 4.79 Å². The molecule has 1 N–H and O–H groups in total. The molecule has 0 amide bonds. The van der Waals surface area contributed by atoms with Gasteiger partial charge in [-0.15, -0.1) is 0 Å². The summed E-state index contributed by atoms with van der Waals surface area (Å²) < 4.78 is 6.36. The van der Waals surface area contributed by atoms with Crippen LogP contribution in [0, 0.1) is 0 Å². The van der Waals surface area contributed by atoms with Crippen molar-refractivity contribution < 1.29 is 14.6 Å². The first-order chi connectivity index (χ1) is 10.5. The molecule has 2 heterocycles. The van der Waals surface area contributed by atoms with Gasteiger partial charge in [-0.25, -0.2) is 0 Å². The maximum Gasteiger partial charge on any atom is 0.304 e. The monoisotopic (exact) mass is 303 g/mol. The summed E-state index contributed by atoms with van der Waals surface area (Å²) in [4.78, 5) is 12.9. The highest BCUT2D eigenvalue weighted by molar-refractivity contribution is 5.66. The molecule has 1 atom stereocenters. The molecule has 4 heteroatoms. The van der Waals surface area contributed by atoms with Gasteiger partial charge in [-0.2, -0.15) is 0 Å². The van der Waals surface area contributed by atoms with Crippen LogP contribution in [0.5, 0.6) is 5.75 Å².